The predicted molar refractivity (Wildman–Crippen MR) is 129 cm³/mol. The van der Waals surface area contributed by atoms with Crippen LogP contribution < -0.4 is 10.6 Å². The maximum absolute atomic E-state index is 12.9. The van der Waals surface area contributed by atoms with Crippen molar-refractivity contribution in [3.05, 3.63) is 28.2 Å². The molecule has 3 rings (SSSR count). The summed E-state index contributed by atoms with van der Waals surface area (Å²) in [5.41, 5.74) is 0. The number of nitrogens with one attached hydrogen (secondary N) is 2. The topological polar surface area (TPSA) is 78.5 Å². The Hall–Kier alpha value is -1.02. The number of amides is 2. The minimum Gasteiger partial charge on any atom is -0.338 e. The van der Waals surface area contributed by atoms with Gasteiger partial charge in [-0.25, -0.2) is 13.2 Å². The van der Waals surface area contributed by atoms with Crippen LogP contribution in [0, 0.1) is 5.92 Å². The lowest BCUT2D eigenvalue weighted by Crippen LogP contribution is -2.44. The van der Waals surface area contributed by atoms with Crippen molar-refractivity contribution in [2.45, 2.75) is 77.2 Å². The first-order chi connectivity index (χ1) is 13.9. The summed E-state index contributed by atoms with van der Waals surface area (Å²) in [5.74, 6) is 0.0823. The molecule has 2 amide bonds. The molecule has 0 radical (unpaired) electrons. The van der Waals surface area contributed by atoms with Crippen molar-refractivity contribution in [3.63, 3.8) is 0 Å². The standard InChI is InChI=1S/C20H29Cl2N3O3S.2CH4/c21-16-8-9-19(18(22)12-16)29(27,28)25-11-10-15(14-25)13-23-20(26)24-17-6-4-2-1-3-5-7-17;;/h8-9,12,15,17H,1-7,10-11,13-14H2,(H2,23,24,26);2*1H4. The van der Waals surface area contributed by atoms with Gasteiger partial charge in [0.05, 0.1) is 5.02 Å². The van der Waals surface area contributed by atoms with Gasteiger partial charge >= 0.3 is 6.03 Å². The SMILES string of the molecule is C.C.O=C(NCC1CCN(S(=O)(=O)c2ccc(Cl)cc2Cl)C1)NC1CCCCCCC1. The van der Waals surface area contributed by atoms with Crippen molar-refractivity contribution in [3.8, 4) is 0 Å². The molecule has 1 aliphatic carbocycles. The van der Waals surface area contributed by atoms with Gasteiger partial charge in [0.1, 0.15) is 4.90 Å². The molecule has 1 unspecified atom stereocenters. The minimum atomic E-state index is -3.67. The summed E-state index contributed by atoms with van der Waals surface area (Å²) in [6.07, 6.45) is 8.86. The van der Waals surface area contributed by atoms with Gasteiger partial charge in [0.2, 0.25) is 10.0 Å². The van der Waals surface area contributed by atoms with Gasteiger partial charge in [-0.05, 0) is 43.4 Å². The fraction of sp³-hybridized carbons (Fsp3) is 0.682. The van der Waals surface area contributed by atoms with Gasteiger partial charge in [-0.2, -0.15) is 4.31 Å². The van der Waals surface area contributed by atoms with Crippen LogP contribution in [0.15, 0.2) is 23.1 Å². The molecule has 6 nitrogen and oxygen atoms in total. The smallest absolute Gasteiger partial charge is 0.315 e. The number of carbonyl (C=O) groups is 1. The Bertz CT molecular complexity index is 812. The van der Waals surface area contributed by atoms with Gasteiger partial charge in [-0.1, -0.05) is 70.2 Å². The molecule has 1 aromatic carbocycles. The molecular weight excluding hydrogens is 457 g/mol. The first kappa shape index (κ1) is 28.0. The Kier molecular flexibility index (Phi) is 11.6. The Morgan fingerprint density at radius 2 is 1.68 bits per heavy atom. The highest BCUT2D eigenvalue weighted by atomic mass is 35.5. The van der Waals surface area contributed by atoms with Gasteiger partial charge in [0, 0.05) is 30.7 Å². The van der Waals surface area contributed by atoms with Crippen LogP contribution >= 0.6 is 23.2 Å². The van der Waals surface area contributed by atoms with Crippen molar-refractivity contribution in [2.75, 3.05) is 19.6 Å². The van der Waals surface area contributed by atoms with Crippen molar-refractivity contribution in [1.29, 1.82) is 0 Å². The maximum Gasteiger partial charge on any atom is 0.315 e. The van der Waals surface area contributed by atoms with Gasteiger partial charge in [0.25, 0.3) is 0 Å². The van der Waals surface area contributed by atoms with Crippen LogP contribution in [0.25, 0.3) is 0 Å². The summed E-state index contributed by atoms with van der Waals surface area (Å²) < 4.78 is 27.2. The van der Waals surface area contributed by atoms with Gasteiger partial charge in [-0.15, -0.1) is 0 Å². The average Bonchev–Trinajstić information content (AvgIpc) is 3.12. The number of rotatable bonds is 5. The summed E-state index contributed by atoms with van der Waals surface area (Å²) >= 11 is 12.0. The van der Waals surface area contributed by atoms with Gasteiger partial charge in [0.15, 0.2) is 0 Å². The third-order valence-electron chi connectivity index (χ3n) is 5.75. The minimum absolute atomic E-state index is 0. The van der Waals surface area contributed by atoms with E-state index in [1.807, 2.05) is 0 Å². The van der Waals surface area contributed by atoms with Crippen molar-refractivity contribution in [1.82, 2.24) is 14.9 Å². The van der Waals surface area contributed by atoms with E-state index >= 15 is 0 Å². The molecule has 1 aromatic rings. The molecule has 1 atom stereocenters. The second-order valence-electron chi connectivity index (χ2n) is 7.99. The van der Waals surface area contributed by atoms with E-state index in [0.717, 1.165) is 25.7 Å². The van der Waals surface area contributed by atoms with E-state index in [4.69, 9.17) is 23.2 Å². The molecule has 0 bridgehead atoms. The number of carbonyl (C=O) groups excluding carboxylic acids is 1. The monoisotopic (exact) mass is 493 g/mol. The fourth-order valence-electron chi connectivity index (χ4n) is 4.08. The molecule has 2 aliphatic rings. The van der Waals surface area contributed by atoms with E-state index in [1.54, 1.807) is 0 Å². The van der Waals surface area contributed by atoms with E-state index in [0.29, 0.717) is 31.1 Å². The Morgan fingerprint density at radius 1 is 1.03 bits per heavy atom. The zero-order chi connectivity index (χ0) is 20.9. The first-order valence-corrected chi connectivity index (χ1v) is 12.6. The van der Waals surface area contributed by atoms with E-state index in [1.165, 1.54) is 41.8 Å². The predicted octanol–water partition coefficient (Wildman–Crippen LogP) is 5.69. The van der Waals surface area contributed by atoms with E-state index in [-0.39, 0.29) is 42.8 Å². The third kappa shape index (κ3) is 7.81. The van der Waals surface area contributed by atoms with Gasteiger partial charge < -0.3 is 10.6 Å². The van der Waals surface area contributed by atoms with E-state index in [9.17, 15) is 13.2 Å². The zero-order valence-electron chi connectivity index (χ0n) is 16.5. The molecular formula is C22H37Cl2N3O3S. The third-order valence-corrected chi connectivity index (χ3v) is 8.34. The molecule has 1 aliphatic heterocycles. The van der Waals surface area contributed by atoms with Crippen molar-refractivity contribution in [2.24, 2.45) is 5.92 Å². The number of hydrogen-bond donors (Lipinski definition) is 2. The summed E-state index contributed by atoms with van der Waals surface area (Å²) in [7, 11) is -3.67. The Balaban J connectivity index is 0.00000240. The van der Waals surface area contributed by atoms with Crippen LogP contribution in [0.2, 0.25) is 10.0 Å². The number of sulfonamides is 1. The Labute approximate surface area is 198 Å². The number of urea groups is 1. The summed E-state index contributed by atoms with van der Waals surface area (Å²) in [5, 5.41) is 6.52. The molecule has 2 N–H and O–H groups in total. The second-order valence-corrected chi connectivity index (χ2v) is 10.7. The highest BCUT2D eigenvalue weighted by molar-refractivity contribution is 7.89. The molecule has 2 fully saturated rings. The lowest BCUT2D eigenvalue weighted by molar-refractivity contribution is 0.232. The molecule has 0 aromatic heterocycles. The van der Waals surface area contributed by atoms with Crippen LogP contribution in [0.5, 0.6) is 0 Å². The zero-order valence-corrected chi connectivity index (χ0v) is 18.8. The fourth-order valence-corrected chi connectivity index (χ4v) is 6.36. The highest BCUT2D eigenvalue weighted by Gasteiger charge is 2.34. The first-order valence-electron chi connectivity index (χ1n) is 10.4. The van der Waals surface area contributed by atoms with Crippen molar-refractivity contribution >= 4 is 39.3 Å². The van der Waals surface area contributed by atoms with Crippen molar-refractivity contribution < 1.29 is 13.2 Å². The van der Waals surface area contributed by atoms with Crippen LogP contribution in [-0.2, 0) is 10.0 Å². The largest absolute Gasteiger partial charge is 0.338 e. The van der Waals surface area contributed by atoms with Gasteiger partial charge in [-0.3, -0.25) is 0 Å². The van der Waals surface area contributed by atoms with Crippen LogP contribution in [0.1, 0.15) is 66.2 Å². The molecule has 1 saturated heterocycles. The quantitative estimate of drug-likeness (QED) is 0.552. The summed E-state index contributed by atoms with van der Waals surface area (Å²) in [6, 6.07) is 4.48. The molecule has 178 valence electrons. The normalized spacial score (nSPS) is 20.6. The van der Waals surface area contributed by atoms with E-state index < -0.39 is 10.0 Å². The molecule has 1 saturated carbocycles. The molecule has 0 spiro atoms. The van der Waals surface area contributed by atoms with Crippen LogP contribution in [0.4, 0.5) is 4.79 Å². The molecule has 31 heavy (non-hydrogen) atoms. The number of benzene rings is 1. The number of hydrogen-bond acceptors (Lipinski definition) is 3. The summed E-state index contributed by atoms with van der Waals surface area (Å²) in [6.45, 7) is 1.24. The maximum atomic E-state index is 12.9. The second kappa shape index (κ2) is 12.9. The van der Waals surface area contributed by atoms with Crippen LogP contribution in [-0.4, -0.2) is 44.4 Å². The number of nitrogens with zero attached hydrogens (tertiary/aromatic N) is 1. The van der Waals surface area contributed by atoms with E-state index in [2.05, 4.69) is 10.6 Å². The lowest BCUT2D eigenvalue weighted by Gasteiger charge is -2.22. The molecule has 1 heterocycles. The summed E-state index contributed by atoms with van der Waals surface area (Å²) in [4.78, 5) is 12.3. The lowest BCUT2D eigenvalue weighted by atomic mass is 9.97. The Morgan fingerprint density at radius 3 is 2.32 bits per heavy atom. The highest BCUT2D eigenvalue weighted by Crippen LogP contribution is 2.30. The average molecular weight is 495 g/mol. The number of halogens is 2. The van der Waals surface area contributed by atoms with Crippen LogP contribution in [0.3, 0.4) is 0 Å². The molecule has 9 heteroatoms.